The van der Waals surface area contributed by atoms with Crippen molar-refractivity contribution in [2.75, 3.05) is 25.6 Å². The number of nitrogens with one attached hydrogen (secondary N) is 1. The van der Waals surface area contributed by atoms with Gasteiger partial charge >= 0.3 is 5.97 Å². The van der Waals surface area contributed by atoms with Gasteiger partial charge in [-0.1, -0.05) is 12.7 Å². The number of esters is 1. The molecule has 0 atom stereocenters. The Morgan fingerprint density at radius 1 is 1.18 bits per heavy atom. The Hall–Kier alpha value is -3.88. The minimum absolute atomic E-state index is 0.0982. The third-order valence-electron chi connectivity index (χ3n) is 3.45. The summed E-state index contributed by atoms with van der Waals surface area (Å²) in [4.78, 5) is 34.1. The van der Waals surface area contributed by atoms with Gasteiger partial charge < -0.3 is 19.5 Å². The van der Waals surface area contributed by atoms with Crippen molar-refractivity contribution < 1.29 is 28.7 Å². The summed E-state index contributed by atoms with van der Waals surface area (Å²) in [6.07, 6.45) is 1.57. The van der Waals surface area contributed by atoms with E-state index in [1.807, 2.05) is 0 Å². The maximum Gasteiger partial charge on any atom is 0.338 e. The van der Waals surface area contributed by atoms with Crippen molar-refractivity contribution in [3.63, 3.8) is 0 Å². The number of nitro benzene ring substituents is 1. The monoisotopic (exact) mass is 386 g/mol. The number of nitrogens with zero attached hydrogens (tertiary/aromatic N) is 1. The fourth-order valence-corrected chi connectivity index (χ4v) is 2.14. The molecule has 0 aliphatic heterocycles. The molecule has 0 saturated heterocycles. The molecule has 0 aliphatic rings. The first kappa shape index (κ1) is 20.4. The van der Waals surface area contributed by atoms with Crippen LogP contribution in [0.4, 0.5) is 11.4 Å². The largest absolute Gasteiger partial charge is 0.493 e. The van der Waals surface area contributed by atoms with Gasteiger partial charge in [-0.15, -0.1) is 0 Å². The number of ether oxygens (including phenoxy) is 3. The minimum atomic E-state index is -0.715. The SMILES string of the molecule is C=CCOc1ccc(C(=O)OCC(=O)Nc2ccc([N+](=O)[O-])cc2)cc1OC. The zero-order chi connectivity index (χ0) is 20.5. The van der Waals surface area contributed by atoms with Crippen molar-refractivity contribution in [1.82, 2.24) is 0 Å². The Morgan fingerprint density at radius 3 is 2.50 bits per heavy atom. The minimum Gasteiger partial charge on any atom is -0.493 e. The Bertz CT molecular complexity index is 878. The number of amides is 1. The summed E-state index contributed by atoms with van der Waals surface area (Å²) < 4.78 is 15.5. The first-order valence-electron chi connectivity index (χ1n) is 8.07. The lowest BCUT2D eigenvalue weighted by Crippen LogP contribution is -2.21. The van der Waals surface area contributed by atoms with Crippen LogP contribution in [0.2, 0.25) is 0 Å². The smallest absolute Gasteiger partial charge is 0.338 e. The first-order valence-corrected chi connectivity index (χ1v) is 8.07. The Labute approximate surface area is 160 Å². The number of carbonyl (C=O) groups is 2. The van der Waals surface area contributed by atoms with Crippen LogP contribution in [0.25, 0.3) is 0 Å². The predicted molar refractivity (Wildman–Crippen MR) is 101 cm³/mol. The van der Waals surface area contributed by atoms with E-state index < -0.39 is 23.4 Å². The maximum absolute atomic E-state index is 12.1. The molecule has 2 rings (SSSR count). The number of hydrogen-bond acceptors (Lipinski definition) is 7. The quantitative estimate of drug-likeness (QED) is 0.305. The molecule has 0 aliphatic carbocycles. The topological polar surface area (TPSA) is 117 Å². The van der Waals surface area contributed by atoms with Gasteiger partial charge in [-0.05, 0) is 30.3 Å². The molecule has 0 aromatic heterocycles. The third kappa shape index (κ3) is 5.56. The van der Waals surface area contributed by atoms with Gasteiger partial charge in [0, 0.05) is 17.8 Å². The van der Waals surface area contributed by atoms with Gasteiger partial charge in [-0.3, -0.25) is 14.9 Å². The lowest BCUT2D eigenvalue weighted by atomic mass is 10.2. The molecular formula is C19H18N2O7. The average Bonchev–Trinajstić information content (AvgIpc) is 2.70. The molecule has 0 heterocycles. The molecule has 28 heavy (non-hydrogen) atoms. The number of benzene rings is 2. The van der Waals surface area contributed by atoms with E-state index >= 15 is 0 Å². The second kappa shape index (κ2) is 9.72. The van der Waals surface area contributed by atoms with Crippen molar-refractivity contribution in [2.45, 2.75) is 0 Å². The van der Waals surface area contributed by atoms with Gasteiger partial charge in [0.25, 0.3) is 11.6 Å². The van der Waals surface area contributed by atoms with Crippen molar-refractivity contribution >= 4 is 23.3 Å². The van der Waals surface area contributed by atoms with Crippen molar-refractivity contribution in [3.8, 4) is 11.5 Å². The van der Waals surface area contributed by atoms with Crippen LogP contribution >= 0.6 is 0 Å². The number of carbonyl (C=O) groups excluding carboxylic acids is 2. The second-order valence-electron chi connectivity index (χ2n) is 5.39. The van der Waals surface area contributed by atoms with Crippen LogP contribution in [0.1, 0.15) is 10.4 Å². The fourth-order valence-electron chi connectivity index (χ4n) is 2.14. The van der Waals surface area contributed by atoms with E-state index in [0.29, 0.717) is 17.2 Å². The van der Waals surface area contributed by atoms with Gasteiger partial charge in [0.2, 0.25) is 0 Å². The predicted octanol–water partition coefficient (Wildman–Crippen LogP) is 2.96. The van der Waals surface area contributed by atoms with Crippen LogP contribution in [0.3, 0.4) is 0 Å². The number of rotatable bonds is 9. The molecule has 2 aromatic carbocycles. The van der Waals surface area contributed by atoms with E-state index in [2.05, 4.69) is 11.9 Å². The van der Waals surface area contributed by atoms with Gasteiger partial charge in [0.1, 0.15) is 6.61 Å². The number of non-ortho nitro benzene ring substituents is 1. The molecule has 0 fully saturated rings. The molecule has 0 radical (unpaired) electrons. The summed E-state index contributed by atoms with van der Waals surface area (Å²) in [5.74, 6) is -0.519. The molecule has 9 nitrogen and oxygen atoms in total. The average molecular weight is 386 g/mol. The molecular weight excluding hydrogens is 368 g/mol. The van der Waals surface area contributed by atoms with Gasteiger partial charge in [0.15, 0.2) is 18.1 Å². The van der Waals surface area contributed by atoms with Crippen LogP contribution in [0.15, 0.2) is 55.1 Å². The summed E-state index contributed by atoms with van der Waals surface area (Å²) in [6, 6.07) is 9.74. The summed E-state index contributed by atoms with van der Waals surface area (Å²) in [5.41, 5.74) is 0.432. The van der Waals surface area contributed by atoms with E-state index in [4.69, 9.17) is 14.2 Å². The molecule has 0 bridgehead atoms. The van der Waals surface area contributed by atoms with Crippen LogP contribution in [0, 0.1) is 10.1 Å². The third-order valence-corrected chi connectivity index (χ3v) is 3.45. The van der Waals surface area contributed by atoms with E-state index in [1.165, 1.54) is 43.5 Å². The van der Waals surface area contributed by atoms with Gasteiger partial charge in [0.05, 0.1) is 17.6 Å². The fraction of sp³-hybridized carbons (Fsp3) is 0.158. The maximum atomic E-state index is 12.1. The molecule has 0 spiro atoms. The lowest BCUT2D eigenvalue weighted by Gasteiger charge is -2.11. The summed E-state index contributed by atoms with van der Waals surface area (Å²) in [5, 5.41) is 13.1. The van der Waals surface area contributed by atoms with Crippen LogP contribution < -0.4 is 14.8 Å². The number of anilines is 1. The van der Waals surface area contributed by atoms with Crippen LogP contribution in [-0.2, 0) is 9.53 Å². The Balaban J connectivity index is 1.92. The van der Waals surface area contributed by atoms with E-state index in [9.17, 15) is 19.7 Å². The molecule has 0 unspecified atom stereocenters. The zero-order valence-corrected chi connectivity index (χ0v) is 15.0. The van der Waals surface area contributed by atoms with E-state index in [0.717, 1.165) is 0 Å². The highest BCUT2D eigenvalue weighted by Crippen LogP contribution is 2.28. The normalized spacial score (nSPS) is 9.89. The number of nitro groups is 1. The Morgan fingerprint density at radius 2 is 1.89 bits per heavy atom. The summed E-state index contributed by atoms with van der Waals surface area (Å²) in [6.45, 7) is 3.31. The second-order valence-corrected chi connectivity index (χ2v) is 5.39. The lowest BCUT2D eigenvalue weighted by molar-refractivity contribution is -0.384. The Kier molecular flexibility index (Phi) is 7.09. The standard InChI is InChI=1S/C19H18N2O7/c1-3-10-27-16-9-4-13(11-17(16)26-2)19(23)28-12-18(22)20-14-5-7-15(8-6-14)21(24)25/h3-9,11H,1,10,12H2,2H3,(H,20,22). The number of hydrogen-bond donors (Lipinski definition) is 1. The van der Waals surface area contributed by atoms with Crippen molar-refractivity contribution in [2.24, 2.45) is 0 Å². The van der Waals surface area contributed by atoms with Gasteiger partial charge in [-0.2, -0.15) is 0 Å². The van der Waals surface area contributed by atoms with Crippen LogP contribution in [-0.4, -0.2) is 37.1 Å². The first-order chi connectivity index (χ1) is 13.4. The van der Waals surface area contributed by atoms with Crippen molar-refractivity contribution in [3.05, 3.63) is 70.8 Å². The molecule has 9 heteroatoms. The molecule has 1 amide bonds. The summed E-state index contributed by atoms with van der Waals surface area (Å²) >= 11 is 0. The van der Waals surface area contributed by atoms with Crippen LogP contribution in [0.5, 0.6) is 11.5 Å². The highest BCUT2D eigenvalue weighted by molar-refractivity contribution is 5.95. The summed E-state index contributed by atoms with van der Waals surface area (Å²) in [7, 11) is 1.43. The van der Waals surface area contributed by atoms with E-state index in [1.54, 1.807) is 12.1 Å². The molecule has 2 aromatic rings. The highest BCUT2D eigenvalue weighted by Gasteiger charge is 2.14. The van der Waals surface area contributed by atoms with Gasteiger partial charge in [-0.25, -0.2) is 4.79 Å². The molecule has 1 N–H and O–H groups in total. The van der Waals surface area contributed by atoms with E-state index in [-0.39, 0.29) is 17.9 Å². The highest BCUT2D eigenvalue weighted by atomic mass is 16.6. The number of methoxy groups -OCH3 is 1. The molecule has 0 saturated carbocycles. The molecule has 146 valence electrons. The zero-order valence-electron chi connectivity index (χ0n) is 15.0. The van der Waals surface area contributed by atoms with Crippen molar-refractivity contribution in [1.29, 1.82) is 0 Å².